The highest BCUT2D eigenvalue weighted by Gasteiger charge is 1.97. The summed E-state index contributed by atoms with van der Waals surface area (Å²) in [5, 5.41) is 0. The Kier molecular flexibility index (Phi) is 1.45. The molecule has 0 aliphatic rings. The van der Waals surface area contributed by atoms with Crippen LogP contribution in [0.2, 0.25) is 0 Å². The zero-order chi connectivity index (χ0) is 7.72. The Balaban J connectivity index is 3.46. The van der Waals surface area contributed by atoms with E-state index in [1.807, 2.05) is 0 Å². The van der Waals surface area contributed by atoms with Crippen LogP contribution in [0.15, 0.2) is 16.9 Å². The van der Waals surface area contributed by atoms with Crippen LogP contribution >= 0.6 is 0 Å². The van der Waals surface area contributed by atoms with Crippen molar-refractivity contribution >= 4 is 5.69 Å². The van der Waals surface area contributed by atoms with E-state index in [1.165, 1.54) is 13.1 Å². The molecule has 0 saturated carbocycles. The highest BCUT2D eigenvalue weighted by atomic mass is 19.1. The molecule has 0 amide bonds. The third kappa shape index (κ3) is 1.00. The molecule has 0 aliphatic carbocycles. The predicted octanol–water partition coefficient (Wildman–Crippen LogP) is 0.107. The Bertz CT molecular complexity index is 305. The zero-order valence-corrected chi connectivity index (χ0v) is 5.47. The van der Waals surface area contributed by atoms with Crippen LogP contribution in [0.3, 0.4) is 0 Å². The normalized spacial score (nSPS) is 9.80. The first-order valence-electron chi connectivity index (χ1n) is 2.73. The summed E-state index contributed by atoms with van der Waals surface area (Å²) in [6, 6.07) is 2.27. The van der Waals surface area contributed by atoms with E-state index in [-0.39, 0.29) is 5.69 Å². The number of nitrogens with zero attached hydrogens (tertiary/aromatic N) is 1. The van der Waals surface area contributed by atoms with Crippen molar-refractivity contribution in [2.24, 2.45) is 7.05 Å². The fourth-order valence-corrected chi connectivity index (χ4v) is 0.621. The van der Waals surface area contributed by atoms with Gasteiger partial charge in [-0.1, -0.05) is 0 Å². The van der Waals surface area contributed by atoms with Gasteiger partial charge < -0.3 is 5.73 Å². The summed E-state index contributed by atoms with van der Waals surface area (Å²) in [5.41, 5.74) is 4.90. The van der Waals surface area contributed by atoms with Gasteiger partial charge in [0.15, 0.2) is 5.95 Å². The number of aromatic nitrogens is 1. The molecule has 0 radical (unpaired) electrons. The Morgan fingerprint density at radius 1 is 1.60 bits per heavy atom. The first kappa shape index (κ1) is 6.80. The van der Waals surface area contributed by atoms with Crippen LogP contribution in [0.1, 0.15) is 0 Å². The molecule has 0 fully saturated rings. The van der Waals surface area contributed by atoms with Crippen molar-refractivity contribution in [3.05, 3.63) is 28.4 Å². The molecule has 0 spiro atoms. The van der Waals surface area contributed by atoms with Gasteiger partial charge in [0.05, 0.1) is 0 Å². The molecule has 1 aromatic heterocycles. The standard InChI is InChI=1S/C6H7FN2O/c1-9-5(7)2-4(8)3-6(9)10/h2-3H,8H2,1H3. The molecule has 1 aromatic rings. The van der Waals surface area contributed by atoms with E-state index in [0.29, 0.717) is 0 Å². The van der Waals surface area contributed by atoms with Crippen LogP contribution in [-0.4, -0.2) is 4.57 Å². The van der Waals surface area contributed by atoms with E-state index >= 15 is 0 Å². The number of nitrogen functional groups attached to an aromatic ring is 1. The summed E-state index contributed by atoms with van der Waals surface area (Å²) in [7, 11) is 1.34. The molecule has 10 heavy (non-hydrogen) atoms. The summed E-state index contributed by atoms with van der Waals surface area (Å²) in [6.07, 6.45) is 0. The lowest BCUT2D eigenvalue weighted by Crippen LogP contribution is -2.18. The number of halogens is 1. The van der Waals surface area contributed by atoms with Gasteiger partial charge in [-0.2, -0.15) is 4.39 Å². The minimum Gasteiger partial charge on any atom is -0.398 e. The second-order valence-corrected chi connectivity index (χ2v) is 2.01. The van der Waals surface area contributed by atoms with Crippen LogP contribution < -0.4 is 11.3 Å². The minimum atomic E-state index is -0.620. The van der Waals surface area contributed by atoms with Gasteiger partial charge in [0.1, 0.15) is 0 Å². The molecular formula is C6H7FN2O. The Labute approximate surface area is 56.9 Å². The molecular weight excluding hydrogens is 135 g/mol. The molecule has 2 N–H and O–H groups in total. The molecule has 1 heterocycles. The maximum absolute atomic E-state index is 12.5. The average Bonchev–Trinajstić information content (AvgIpc) is 1.82. The van der Waals surface area contributed by atoms with Gasteiger partial charge >= 0.3 is 0 Å². The van der Waals surface area contributed by atoms with E-state index in [9.17, 15) is 9.18 Å². The van der Waals surface area contributed by atoms with Gasteiger partial charge in [-0.25, -0.2) is 0 Å². The van der Waals surface area contributed by atoms with Crippen LogP contribution in [-0.2, 0) is 7.05 Å². The van der Waals surface area contributed by atoms with Crippen molar-refractivity contribution in [2.45, 2.75) is 0 Å². The number of anilines is 1. The summed E-state index contributed by atoms with van der Waals surface area (Å²) < 4.78 is 13.4. The molecule has 0 unspecified atom stereocenters. The Morgan fingerprint density at radius 2 is 2.20 bits per heavy atom. The van der Waals surface area contributed by atoms with Crippen LogP contribution in [0.25, 0.3) is 0 Å². The lowest BCUT2D eigenvalue weighted by atomic mass is 10.4. The lowest BCUT2D eigenvalue weighted by molar-refractivity contribution is 0.516. The zero-order valence-electron chi connectivity index (χ0n) is 5.47. The fraction of sp³-hybridized carbons (Fsp3) is 0.167. The maximum atomic E-state index is 12.5. The van der Waals surface area contributed by atoms with E-state index < -0.39 is 11.5 Å². The first-order chi connectivity index (χ1) is 4.61. The third-order valence-corrected chi connectivity index (χ3v) is 1.23. The number of nitrogens with two attached hydrogens (primary N) is 1. The van der Waals surface area contributed by atoms with E-state index in [1.54, 1.807) is 0 Å². The van der Waals surface area contributed by atoms with Crippen molar-refractivity contribution in [1.29, 1.82) is 0 Å². The molecule has 1 rings (SSSR count). The highest BCUT2D eigenvalue weighted by Crippen LogP contribution is 1.98. The summed E-state index contributed by atoms with van der Waals surface area (Å²) in [6.45, 7) is 0. The van der Waals surface area contributed by atoms with Gasteiger partial charge in [0.25, 0.3) is 5.56 Å². The van der Waals surface area contributed by atoms with Crippen molar-refractivity contribution in [3.8, 4) is 0 Å². The fourth-order valence-electron chi connectivity index (χ4n) is 0.621. The van der Waals surface area contributed by atoms with Gasteiger partial charge in [0, 0.05) is 24.9 Å². The number of pyridine rings is 1. The van der Waals surface area contributed by atoms with Crippen molar-refractivity contribution in [1.82, 2.24) is 4.57 Å². The van der Waals surface area contributed by atoms with E-state index in [4.69, 9.17) is 5.73 Å². The Hall–Kier alpha value is -1.32. The topological polar surface area (TPSA) is 48.0 Å². The number of hydrogen-bond acceptors (Lipinski definition) is 2. The average molecular weight is 142 g/mol. The van der Waals surface area contributed by atoms with E-state index in [2.05, 4.69) is 0 Å². The smallest absolute Gasteiger partial charge is 0.254 e. The molecule has 54 valence electrons. The summed E-state index contributed by atoms with van der Waals surface area (Å²) >= 11 is 0. The van der Waals surface area contributed by atoms with E-state index in [0.717, 1.165) is 10.6 Å². The van der Waals surface area contributed by atoms with Crippen molar-refractivity contribution in [2.75, 3.05) is 5.73 Å². The first-order valence-corrected chi connectivity index (χ1v) is 2.73. The molecule has 3 nitrogen and oxygen atoms in total. The van der Waals surface area contributed by atoms with Crippen LogP contribution in [0.5, 0.6) is 0 Å². The van der Waals surface area contributed by atoms with Crippen LogP contribution in [0.4, 0.5) is 10.1 Å². The van der Waals surface area contributed by atoms with Crippen molar-refractivity contribution < 1.29 is 4.39 Å². The summed E-state index contributed by atoms with van der Waals surface area (Å²) in [5.74, 6) is -0.620. The summed E-state index contributed by atoms with van der Waals surface area (Å²) in [4.78, 5) is 10.7. The molecule has 0 aromatic carbocycles. The Morgan fingerprint density at radius 3 is 2.70 bits per heavy atom. The number of hydrogen-bond donors (Lipinski definition) is 1. The lowest BCUT2D eigenvalue weighted by Gasteiger charge is -1.98. The highest BCUT2D eigenvalue weighted by molar-refractivity contribution is 5.34. The minimum absolute atomic E-state index is 0.153. The van der Waals surface area contributed by atoms with Crippen LogP contribution in [0, 0.1) is 5.95 Å². The second-order valence-electron chi connectivity index (χ2n) is 2.01. The molecule has 0 bridgehead atoms. The third-order valence-electron chi connectivity index (χ3n) is 1.23. The predicted molar refractivity (Wildman–Crippen MR) is 36.1 cm³/mol. The maximum Gasteiger partial charge on any atom is 0.254 e. The SMILES string of the molecule is Cn1c(F)cc(N)cc1=O. The molecule has 0 saturated heterocycles. The van der Waals surface area contributed by atoms with Gasteiger partial charge in [-0.05, 0) is 0 Å². The molecule has 0 atom stereocenters. The largest absolute Gasteiger partial charge is 0.398 e. The molecule has 0 aliphatic heterocycles. The van der Waals surface area contributed by atoms with Crippen molar-refractivity contribution in [3.63, 3.8) is 0 Å². The van der Waals surface area contributed by atoms with Gasteiger partial charge in [-0.15, -0.1) is 0 Å². The van der Waals surface area contributed by atoms with Gasteiger partial charge in [0.2, 0.25) is 0 Å². The number of rotatable bonds is 0. The molecule has 4 heteroatoms. The van der Waals surface area contributed by atoms with Gasteiger partial charge in [-0.3, -0.25) is 9.36 Å². The quantitative estimate of drug-likeness (QED) is 0.522. The second kappa shape index (κ2) is 2.13. The monoisotopic (exact) mass is 142 g/mol.